The van der Waals surface area contributed by atoms with Crippen LogP contribution in [0.3, 0.4) is 0 Å². The quantitative estimate of drug-likeness (QED) is 0.890. The molecule has 0 aliphatic carbocycles. The number of carbonyl (C=O) groups excluding carboxylic acids is 1. The Bertz CT molecular complexity index is 529. The number of nitrogens with one attached hydrogen (secondary N) is 1. The van der Waals surface area contributed by atoms with Crippen LogP contribution in [0.25, 0.3) is 0 Å². The summed E-state index contributed by atoms with van der Waals surface area (Å²) in [6.45, 7) is 0.509. The van der Waals surface area contributed by atoms with E-state index in [2.05, 4.69) is 15.3 Å². The Morgan fingerprint density at radius 2 is 2.28 bits per heavy atom. The zero-order valence-corrected chi connectivity index (χ0v) is 9.96. The van der Waals surface area contributed by atoms with E-state index in [1.165, 1.54) is 18.6 Å². The normalized spacial score (nSPS) is 10.1. The van der Waals surface area contributed by atoms with Gasteiger partial charge in [0.05, 0.1) is 12.8 Å². The van der Waals surface area contributed by atoms with Crippen LogP contribution in [0.4, 0.5) is 5.69 Å². The third-order valence-electron chi connectivity index (χ3n) is 2.29. The molecule has 0 atom stereocenters. The van der Waals surface area contributed by atoms with Gasteiger partial charge in [0.2, 0.25) is 0 Å². The summed E-state index contributed by atoms with van der Waals surface area (Å²) >= 11 is 0. The summed E-state index contributed by atoms with van der Waals surface area (Å²) < 4.78 is 5.04. The van der Waals surface area contributed by atoms with Crippen LogP contribution in [0.2, 0.25) is 0 Å². The first-order chi connectivity index (χ1) is 8.79. The van der Waals surface area contributed by atoms with Crippen LogP contribution in [0, 0.1) is 0 Å². The number of hydrogen-bond acceptors (Lipinski definition) is 4. The molecule has 0 spiro atoms. The van der Waals surface area contributed by atoms with Crippen molar-refractivity contribution in [3.05, 3.63) is 54.1 Å². The van der Waals surface area contributed by atoms with Crippen molar-refractivity contribution >= 4 is 11.6 Å². The molecule has 0 aliphatic heterocycles. The minimum absolute atomic E-state index is 0.280. The molecule has 1 aromatic heterocycles. The smallest absolute Gasteiger partial charge is 0.275 e. The van der Waals surface area contributed by atoms with Crippen molar-refractivity contribution in [1.82, 2.24) is 9.97 Å². The third kappa shape index (κ3) is 3.11. The zero-order chi connectivity index (χ0) is 12.8. The van der Waals surface area contributed by atoms with E-state index < -0.39 is 0 Å². The van der Waals surface area contributed by atoms with Crippen LogP contribution in [-0.4, -0.2) is 23.0 Å². The monoisotopic (exact) mass is 243 g/mol. The van der Waals surface area contributed by atoms with Gasteiger partial charge in [-0.25, -0.2) is 4.98 Å². The molecule has 0 fully saturated rings. The summed E-state index contributed by atoms with van der Waals surface area (Å²) in [4.78, 5) is 19.6. The maximum atomic E-state index is 11.8. The van der Waals surface area contributed by atoms with Crippen LogP contribution < -0.4 is 5.32 Å². The third-order valence-corrected chi connectivity index (χ3v) is 2.29. The number of rotatable bonds is 4. The van der Waals surface area contributed by atoms with E-state index in [1.807, 2.05) is 24.3 Å². The summed E-state index contributed by atoms with van der Waals surface area (Å²) in [6.07, 6.45) is 4.43. The second-order valence-corrected chi connectivity index (χ2v) is 3.68. The van der Waals surface area contributed by atoms with Crippen molar-refractivity contribution in [2.75, 3.05) is 12.4 Å². The fourth-order valence-corrected chi connectivity index (χ4v) is 1.52. The van der Waals surface area contributed by atoms with Gasteiger partial charge >= 0.3 is 0 Å². The molecule has 1 heterocycles. The number of amides is 1. The van der Waals surface area contributed by atoms with Crippen molar-refractivity contribution in [2.24, 2.45) is 0 Å². The summed E-state index contributed by atoms with van der Waals surface area (Å²) in [5, 5.41) is 2.76. The lowest BCUT2D eigenvalue weighted by Crippen LogP contribution is -2.13. The molecule has 0 aliphatic rings. The lowest BCUT2D eigenvalue weighted by Gasteiger charge is -2.06. The Balaban J connectivity index is 2.10. The Kier molecular flexibility index (Phi) is 3.98. The number of ether oxygens (including phenoxy) is 1. The molecular weight excluding hydrogens is 230 g/mol. The lowest BCUT2D eigenvalue weighted by atomic mass is 10.2. The second kappa shape index (κ2) is 5.88. The van der Waals surface area contributed by atoms with E-state index in [0.29, 0.717) is 12.3 Å². The van der Waals surface area contributed by atoms with Crippen molar-refractivity contribution in [3.8, 4) is 0 Å². The molecule has 2 aromatic rings. The first-order valence-electron chi connectivity index (χ1n) is 5.45. The van der Waals surface area contributed by atoms with E-state index in [0.717, 1.165) is 5.56 Å². The van der Waals surface area contributed by atoms with E-state index in [-0.39, 0.29) is 11.6 Å². The predicted molar refractivity (Wildman–Crippen MR) is 67.1 cm³/mol. The van der Waals surface area contributed by atoms with Crippen LogP contribution in [0.1, 0.15) is 16.1 Å². The van der Waals surface area contributed by atoms with Crippen molar-refractivity contribution in [1.29, 1.82) is 0 Å². The average Bonchev–Trinajstić information content (AvgIpc) is 2.40. The van der Waals surface area contributed by atoms with Gasteiger partial charge in [-0.1, -0.05) is 12.1 Å². The number of aromatic nitrogens is 2. The Morgan fingerprint density at radius 1 is 1.39 bits per heavy atom. The van der Waals surface area contributed by atoms with Gasteiger partial charge in [0.15, 0.2) is 0 Å². The molecule has 5 heteroatoms. The van der Waals surface area contributed by atoms with Crippen molar-refractivity contribution in [3.63, 3.8) is 0 Å². The summed E-state index contributed by atoms with van der Waals surface area (Å²) in [7, 11) is 1.63. The number of benzene rings is 1. The minimum atomic E-state index is -0.280. The Hall–Kier alpha value is -2.27. The van der Waals surface area contributed by atoms with Crippen LogP contribution in [-0.2, 0) is 11.3 Å². The summed E-state index contributed by atoms with van der Waals surface area (Å²) in [5.41, 5.74) is 1.99. The average molecular weight is 243 g/mol. The molecule has 1 aromatic carbocycles. The molecular formula is C13H13N3O2. The molecule has 0 saturated heterocycles. The molecule has 0 radical (unpaired) electrons. The lowest BCUT2D eigenvalue weighted by molar-refractivity contribution is 0.102. The standard InChI is InChI=1S/C13H13N3O2/c1-18-9-10-3-2-4-11(7-10)16-13(17)12-8-14-5-6-15-12/h2-8H,9H2,1H3,(H,16,17). The molecule has 2 rings (SSSR count). The van der Waals surface area contributed by atoms with Gasteiger partial charge in [0.25, 0.3) is 5.91 Å². The Labute approximate surface area is 105 Å². The Morgan fingerprint density at radius 3 is 3.00 bits per heavy atom. The minimum Gasteiger partial charge on any atom is -0.380 e. The molecule has 0 bridgehead atoms. The second-order valence-electron chi connectivity index (χ2n) is 3.68. The van der Waals surface area contributed by atoms with Crippen LogP contribution in [0.5, 0.6) is 0 Å². The molecule has 1 N–H and O–H groups in total. The van der Waals surface area contributed by atoms with E-state index in [9.17, 15) is 4.79 Å². The highest BCUT2D eigenvalue weighted by molar-refractivity contribution is 6.02. The molecule has 0 unspecified atom stereocenters. The van der Waals surface area contributed by atoms with Crippen molar-refractivity contribution < 1.29 is 9.53 Å². The van der Waals surface area contributed by atoms with Gasteiger partial charge in [-0.2, -0.15) is 0 Å². The van der Waals surface area contributed by atoms with Crippen LogP contribution >= 0.6 is 0 Å². The summed E-state index contributed by atoms with van der Waals surface area (Å²) in [5.74, 6) is -0.280. The predicted octanol–water partition coefficient (Wildman–Crippen LogP) is 1.88. The number of nitrogens with zero attached hydrogens (tertiary/aromatic N) is 2. The van der Waals surface area contributed by atoms with Crippen LogP contribution in [0.15, 0.2) is 42.9 Å². The molecule has 18 heavy (non-hydrogen) atoms. The number of carbonyl (C=O) groups is 1. The molecule has 0 saturated carbocycles. The van der Waals surface area contributed by atoms with E-state index >= 15 is 0 Å². The number of methoxy groups -OCH3 is 1. The van der Waals surface area contributed by atoms with Gasteiger partial charge in [-0.05, 0) is 17.7 Å². The highest BCUT2D eigenvalue weighted by Gasteiger charge is 2.07. The SMILES string of the molecule is COCc1cccc(NC(=O)c2cnccn2)c1. The van der Waals surface area contributed by atoms with Gasteiger partial charge < -0.3 is 10.1 Å². The highest BCUT2D eigenvalue weighted by atomic mass is 16.5. The maximum absolute atomic E-state index is 11.8. The van der Waals surface area contributed by atoms with Gasteiger partial charge in [0, 0.05) is 25.2 Å². The molecule has 92 valence electrons. The number of hydrogen-bond donors (Lipinski definition) is 1. The largest absolute Gasteiger partial charge is 0.380 e. The fraction of sp³-hybridized carbons (Fsp3) is 0.154. The van der Waals surface area contributed by atoms with Gasteiger partial charge in [-0.15, -0.1) is 0 Å². The molecule has 5 nitrogen and oxygen atoms in total. The summed E-state index contributed by atoms with van der Waals surface area (Å²) in [6, 6.07) is 7.47. The first-order valence-corrected chi connectivity index (χ1v) is 5.45. The van der Waals surface area contributed by atoms with Gasteiger partial charge in [-0.3, -0.25) is 9.78 Å². The molecule has 1 amide bonds. The first kappa shape index (κ1) is 12.2. The van der Waals surface area contributed by atoms with Gasteiger partial charge in [0.1, 0.15) is 5.69 Å². The van der Waals surface area contributed by atoms with E-state index in [1.54, 1.807) is 7.11 Å². The maximum Gasteiger partial charge on any atom is 0.275 e. The fourth-order valence-electron chi connectivity index (χ4n) is 1.52. The number of anilines is 1. The zero-order valence-electron chi connectivity index (χ0n) is 9.96. The van der Waals surface area contributed by atoms with Crippen molar-refractivity contribution in [2.45, 2.75) is 6.61 Å². The van der Waals surface area contributed by atoms with E-state index in [4.69, 9.17) is 4.74 Å². The topological polar surface area (TPSA) is 64.1 Å². The highest BCUT2D eigenvalue weighted by Crippen LogP contribution is 2.12.